The second-order valence-electron chi connectivity index (χ2n) is 3.85. The standard InChI is InChI=1S/C10H8BrF3O6S/c11-5-1-2-7(15)6(3-5)9(16)20-8(10(12,13)14)4-21(17,18)19/h1-3,8,15H,4H2,(H,17,18,19). The van der Waals surface area contributed by atoms with Gasteiger partial charge in [-0.05, 0) is 18.2 Å². The number of hydrogen-bond donors (Lipinski definition) is 2. The predicted octanol–water partition coefficient (Wildman–Crippen LogP) is 2.13. The van der Waals surface area contributed by atoms with E-state index in [2.05, 4.69) is 20.7 Å². The van der Waals surface area contributed by atoms with Crippen LogP contribution in [0.1, 0.15) is 10.4 Å². The molecule has 11 heteroatoms. The molecule has 2 N–H and O–H groups in total. The topological polar surface area (TPSA) is 101 Å². The Kier molecular flexibility index (Phi) is 5.23. The normalized spacial score (nSPS) is 13.8. The zero-order valence-corrected chi connectivity index (χ0v) is 12.4. The zero-order valence-electron chi connectivity index (χ0n) is 9.96. The third-order valence-electron chi connectivity index (χ3n) is 2.15. The van der Waals surface area contributed by atoms with Gasteiger partial charge in [-0.1, -0.05) is 15.9 Å². The first-order valence-electron chi connectivity index (χ1n) is 5.11. The second kappa shape index (κ2) is 6.20. The first kappa shape index (κ1) is 17.7. The summed E-state index contributed by atoms with van der Waals surface area (Å²) in [6, 6.07) is 3.36. The van der Waals surface area contributed by atoms with E-state index < -0.39 is 45.4 Å². The van der Waals surface area contributed by atoms with Crippen molar-refractivity contribution < 1.29 is 40.8 Å². The van der Waals surface area contributed by atoms with Gasteiger partial charge < -0.3 is 9.84 Å². The molecule has 1 unspecified atom stereocenters. The molecule has 0 aliphatic heterocycles. The average Bonchev–Trinajstić information content (AvgIpc) is 2.28. The molecule has 0 spiro atoms. The summed E-state index contributed by atoms with van der Waals surface area (Å²) in [6.07, 6.45) is -8.26. The summed E-state index contributed by atoms with van der Waals surface area (Å²) in [4.78, 5) is 11.6. The van der Waals surface area contributed by atoms with Gasteiger partial charge in [0.1, 0.15) is 17.1 Å². The molecule has 0 saturated heterocycles. The lowest BCUT2D eigenvalue weighted by molar-refractivity contribution is -0.197. The van der Waals surface area contributed by atoms with Crippen LogP contribution in [0.4, 0.5) is 13.2 Å². The number of alkyl halides is 3. The number of halogens is 4. The van der Waals surface area contributed by atoms with Crippen LogP contribution in [0, 0.1) is 0 Å². The average molecular weight is 393 g/mol. The number of phenolic OH excluding ortho intramolecular Hbond substituents is 1. The Labute approximate surface area is 125 Å². The van der Waals surface area contributed by atoms with E-state index in [1.165, 1.54) is 6.07 Å². The van der Waals surface area contributed by atoms with Gasteiger partial charge in [0.25, 0.3) is 10.1 Å². The van der Waals surface area contributed by atoms with Crippen molar-refractivity contribution in [2.24, 2.45) is 0 Å². The summed E-state index contributed by atoms with van der Waals surface area (Å²) in [5.74, 6) is -4.06. The van der Waals surface area contributed by atoms with Crippen molar-refractivity contribution in [1.29, 1.82) is 0 Å². The summed E-state index contributed by atoms with van der Waals surface area (Å²) in [5, 5.41) is 9.38. The van der Waals surface area contributed by atoms with E-state index >= 15 is 0 Å². The van der Waals surface area contributed by atoms with E-state index in [0.29, 0.717) is 0 Å². The molecule has 0 heterocycles. The van der Waals surface area contributed by atoms with Crippen molar-refractivity contribution >= 4 is 32.0 Å². The first-order valence-corrected chi connectivity index (χ1v) is 7.52. The SMILES string of the molecule is O=C(OC(CS(=O)(=O)O)C(F)(F)F)c1cc(Br)ccc1O. The molecule has 1 atom stereocenters. The van der Waals surface area contributed by atoms with Gasteiger partial charge in [-0.25, -0.2) is 4.79 Å². The van der Waals surface area contributed by atoms with Crippen molar-refractivity contribution in [2.45, 2.75) is 12.3 Å². The number of hydrogen-bond acceptors (Lipinski definition) is 5. The largest absolute Gasteiger partial charge is 0.507 e. The van der Waals surface area contributed by atoms with Crippen molar-refractivity contribution in [2.75, 3.05) is 5.75 Å². The molecule has 21 heavy (non-hydrogen) atoms. The summed E-state index contributed by atoms with van der Waals surface area (Å²) in [6.45, 7) is 0. The van der Waals surface area contributed by atoms with Gasteiger partial charge >= 0.3 is 12.1 Å². The Morgan fingerprint density at radius 2 is 1.95 bits per heavy atom. The summed E-state index contributed by atoms with van der Waals surface area (Å²) in [7, 11) is -5.02. The maximum absolute atomic E-state index is 12.6. The number of carbonyl (C=O) groups is 1. The molecule has 0 aliphatic rings. The number of carbonyl (C=O) groups excluding carboxylic acids is 1. The van der Waals surface area contributed by atoms with Crippen molar-refractivity contribution in [1.82, 2.24) is 0 Å². The van der Waals surface area contributed by atoms with Gasteiger partial charge in [-0.3, -0.25) is 4.55 Å². The molecule has 118 valence electrons. The molecule has 1 aromatic rings. The molecular formula is C10H8BrF3O6S. The van der Waals surface area contributed by atoms with E-state index in [1.807, 2.05) is 0 Å². The van der Waals surface area contributed by atoms with E-state index in [0.717, 1.165) is 12.1 Å². The molecule has 0 fully saturated rings. The van der Waals surface area contributed by atoms with Gasteiger partial charge in [-0.15, -0.1) is 0 Å². The van der Waals surface area contributed by atoms with E-state index in [1.54, 1.807) is 0 Å². The molecule has 1 rings (SSSR count). The molecule has 0 bridgehead atoms. The molecular weight excluding hydrogens is 385 g/mol. The van der Waals surface area contributed by atoms with Crippen LogP contribution in [0.3, 0.4) is 0 Å². The highest BCUT2D eigenvalue weighted by molar-refractivity contribution is 9.10. The molecule has 0 saturated carbocycles. The quantitative estimate of drug-likeness (QED) is 0.601. The Balaban J connectivity index is 3.03. The zero-order chi connectivity index (χ0) is 16.4. The smallest absolute Gasteiger partial charge is 0.426 e. The first-order chi connectivity index (χ1) is 9.40. The summed E-state index contributed by atoms with van der Waals surface area (Å²) < 4.78 is 71.6. The van der Waals surface area contributed by atoms with E-state index in [-0.39, 0.29) is 4.47 Å². The monoisotopic (exact) mass is 392 g/mol. The third kappa shape index (κ3) is 5.52. The van der Waals surface area contributed by atoms with Crippen molar-refractivity contribution in [3.63, 3.8) is 0 Å². The highest BCUT2D eigenvalue weighted by Gasteiger charge is 2.45. The van der Waals surface area contributed by atoms with E-state index in [4.69, 9.17) is 4.55 Å². The van der Waals surface area contributed by atoms with Gasteiger partial charge in [0, 0.05) is 4.47 Å². The van der Waals surface area contributed by atoms with E-state index in [9.17, 15) is 31.5 Å². The van der Waals surface area contributed by atoms with Crippen LogP contribution in [0.2, 0.25) is 0 Å². The van der Waals surface area contributed by atoms with Crippen molar-refractivity contribution in [3.8, 4) is 5.75 Å². The molecule has 0 radical (unpaired) electrons. The molecule has 0 aromatic heterocycles. The second-order valence-corrected chi connectivity index (χ2v) is 6.26. The lowest BCUT2D eigenvalue weighted by atomic mass is 10.2. The third-order valence-corrected chi connectivity index (χ3v) is 3.37. The number of phenols is 1. The molecule has 6 nitrogen and oxygen atoms in total. The minimum Gasteiger partial charge on any atom is -0.507 e. The lowest BCUT2D eigenvalue weighted by Gasteiger charge is -2.19. The predicted molar refractivity (Wildman–Crippen MR) is 67.5 cm³/mol. The van der Waals surface area contributed by atoms with Crippen LogP contribution < -0.4 is 0 Å². The van der Waals surface area contributed by atoms with Crippen LogP contribution in [0.25, 0.3) is 0 Å². The Morgan fingerprint density at radius 3 is 2.43 bits per heavy atom. The minimum atomic E-state index is -5.20. The van der Waals surface area contributed by atoms with Crippen LogP contribution in [-0.4, -0.2) is 42.1 Å². The van der Waals surface area contributed by atoms with Gasteiger partial charge in [0.05, 0.1) is 0 Å². The number of ether oxygens (including phenoxy) is 1. The number of aromatic hydroxyl groups is 1. The summed E-state index contributed by atoms with van der Waals surface area (Å²) in [5.41, 5.74) is -0.589. The van der Waals surface area contributed by atoms with Gasteiger partial charge in [-0.2, -0.15) is 21.6 Å². The van der Waals surface area contributed by atoms with Crippen LogP contribution >= 0.6 is 15.9 Å². The van der Waals surface area contributed by atoms with Gasteiger partial charge in [0.2, 0.25) is 6.10 Å². The van der Waals surface area contributed by atoms with Crippen molar-refractivity contribution in [3.05, 3.63) is 28.2 Å². The highest BCUT2D eigenvalue weighted by Crippen LogP contribution is 2.28. The Bertz CT molecular complexity index is 643. The number of benzene rings is 1. The maximum Gasteiger partial charge on any atom is 0.426 e. The fraction of sp³-hybridized carbons (Fsp3) is 0.300. The minimum absolute atomic E-state index is 0.283. The number of esters is 1. The highest BCUT2D eigenvalue weighted by atomic mass is 79.9. The molecule has 1 aromatic carbocycles. The molecule has 0 aliphatic carbocycles. The Morgan fingerprint density at radius 1 is 1.38 bits per heavy atom. The fourth-order valence-electron chi connectivity index (χ4n) is 1.25. The summed E-state index contributed by atoms with van der Waals surface area (Å²) >= 11 is 2.94. The van der Waals surface area contributed by atoms with Crippen LogP contribution in [0.5, 0.6) is 5.75 Å². The number of rotatable bonds is 4. The Hall–Kier alpha value is -1.33. The lowest BCUT2D eigenvalue weighted by Crippen LogP contribution is -2.39. The fourth-order valence-corrected chi connectivity index (χ4v) is 2.25. The van der Waals surface area contributed by atoms with Crippen LogP contribution in [-0.2, 0) is 14.9 Å². The van der Waals surface area contributed by atoms with Gasteiger partial charge in [0.15, 0.2) is 0 Å². The molecule has 0 amide bonds. The van der Waals surface area contributed by atoms with Crippen LogP contribution in [0.15, 0.2) is 22.7 Å². The maximum atomic E-state index is 12.6.